The Morgan fingerprint density at radius 2 is 1.57 bits per heavy atom. The highest BCUT2D eigenvalue weighted by Crippen LogP contribution is 2.43. The van der Waals surface area contributed by atoms with Gasteiger partial charge in [-0.15, -0.1) is 0 Å². The zero-order valence-corrected chi connectivity index (χ0v) is 20.3. The quantitative estimate of drug-likeness (QED) is 0.333. The van der Waals surface area contributed by atoms with Crippen LogP contribution in [0.25, 0.3) is 5.76 Å². The molecule has 3 aliphatic heterocycles. The number of hydrogen-bond acceptors (Lipinski definition) is 8. The predicted octanol–water partition coefficient (Wildman–Crippen LogP) is 3.19. The van der Waals surface area contributed by atoms with E-state index in [1.807, 2.05) is 24.3 Å². The molecule has 0 bridgehead atoms. The summed E-state index contributed by atoms with van der Waals surface area (Å²) < 4.78 is 10.8. The second-order valence-corrected chi connectivity index (χ2v) is 9.32. The minimum absolute atomic E-state index is 0.0122. The number of amides is 1. The zero-order chi connectivity index (χ0) is 25.5. The fourth-order valence-electron chi connectivity index (χ4n) is 5.05. The number of anilines is 2. The van der Waals surface area contributed by atoms with E-state index in [0.717, 1.165) is 31.9 Å². The molecule has 37 heavy (non-hydrogen) atoms. The molecule has 2 saturated heterocycles. The van der Waals surface area contributed by atoms with Crippen LogP contribution in [0.4, 0.5) is 11.4 Å². The molecule has 9 nitrogen and oxygen atoms in total. The van der Waals surface area contributed by atoms with Crippen LogP contribution < -0.4 is 19.3 Å². The zero-order valence-electron chi connectivity index (χ0n) is 20.3. The van der Waals surface area contributed by atoms with Crippen molar-refractivity contribution >= 4 is 28.8 Å². The molecule has 0 aliphatic carbocycles. The Bertz CT molecular complexity index is 1380. The number of piperazine rings is 1. The van der Waals surface area contributed by atoms with Gasteiger partial charge in [-0.25, -0.2) is 0 Å². The molecule has 0 spiro atoms. The number of Topliss-reactive ketones (excluding diaryl/α,β-unsaturated/α-hetero) is 1. The van der Waals surface area contributed by atoms with Gasteiger partial charge < -0.3 is 24.4 Å². The lowest BCUT2D eigenvalue weighted by Crippen LogP contribution is -2.44. The van der Waals surface area contributed by atoms with Crippen LogP contribution in [0.3, 0.4) is 0 Å². The summed E-state index contributed by atoms with van der Waals surface area (Å²) in [4.78, 5) is 36.9. The highest BCUT2D eigenvalue weighted by atomic mass is 16.7. The third-order valence-corrected chi connectivity index (χ3v) is 7.11. The summed E-state index contributed by atoms with van der Waals surface area (Å²) in [6.07, 6.45) is 3.21. The molecule has 3 aliphatic rings. The smallest absolute Gasteiger partial charge is 0.300 e. The molecule has 1 aromatic heterocycles. The van der Waals surface area contributed by atoms with Gasteiger partial charge in [0.15, 0.2) is 11.5 Å². The maximum Gasteiger partial charge on any atom is 0.300 e. The topological polar surface area (TPSA) is 95.4 Å². The maximum absolute atomic E-state index is 13.4. The van der Waals surface area contributed by atoms with Gasteiger partial charge in [-0.1, -0.05) is 0 Å². The van der Waals surface area contributed by atoms with Crippen molar-refractivity contribution in [3.63, 3.8) is 0 Å². The van der Waals surface area contributed by atoms with E-state index >= 15 is 0 Å². The number of likely N-dealkylation sites (N-methyl/N-ethyl adjacent to an activating group) is 1. The third kappa shape index (κ3) is 4.07. The lowest BCUT2D eigenvalue weighted by Gasteiger charge is -2.34. The first-order chi connectivity index (χ1) is 18.0. The Kier molecular flexibility index (Phi) is 5.77. The Morgan fingerprint density at radius 1 is 0.892 bits per heavy atom. The van der Waals surface area contributed by atoms with Crippen LogP contribution in [-0.4, -0.2) is 66.7 Å². The third-order valence-electron chi connectivity index (χ3n) is 7.11. The first-order valence-electron chi connectivity index (χ1n) is 12.2. The molecule has 0 radical (unpaired) electrons. The van der Waals surface area contributed by atoms with Crippen LogP contribution in [-0.2, 0) is 9.59 Å². The van der Waals surface area contributed by atoms with Crippen molar-refractivity contribution in [2.24, 2.45) is 0 Å². The van der Waals surface area contributed by atoms with Crippen molar-refractivity contribution < 1.29 is 24.2 Å². The van der Waals surface area contributed by atoms with E-state index in [-0.39, 0.29) is 18.1 Å². The van der Waals surface area contributed by atoms with Crippen LogP contribution in [0.15, 0.2) is 72.6 Å². The normalized spacial score (nSPS) is 21.1. The van der Waals surface area contributed by atoms with Gasteiger partial charge in [-0.2, -0.15) is 0 Å². The largest absolute Gasteiger partial charge is 0.507 e. The summed E-state index contributed by atoms with van der Waals surface area (Å²) in [7, 11) is 2.11. The standard InChI is InChI=1S/C28H26N4O5/c1-30-12-14-31(15-13-30)20-3-5-21(6-4-20)32-25(18-8-10-29-11-9-18)24(27(34)28(32)35)26(33)19-2-7-22-23(16-19)37-17-36-22/h2-11,16,25,33H,12-15,17H2,1H3/b26-24-. The fourth-order valence-corrected chi connectivity index (χ4v) is 5.05. The lowest BCUT2D eigenvalue weighted by atomic mass is 9.95. The van der Waals surface area contributed by atoms with Gasteiger partial charge in [-0.05, 0) is 67.2 Å². The van der Waals surface area contributed by atoms with E-state index in [4.69, 9.17) is 9.47 Å². The summed E-state index contributed by atoms with van der Waals surface area (Å²) in [5.41, 5.74) is 2.69. The average Bonchev–Trinajstić information content (AvgIpc) is 3.51. The second kappa shape index (κ2) is 9.25. The SMILES string of the molecule is CN1CCN(c2ccc(N3C(=O)C(=O)/C(=C(\O)c4ccc5c(c4)OCO5)C3c3ccncc3)cc2)CC1. The molecule has 3 aromatic rings. The Balaban J connectivity index is 1.41. The monoisotopic (exact) mass is 498 g/mol. The number of benzene rings is 2. The first kappa shape index (κ1) is 23.1. The summed E-state index contributed by atoms with van der Waals surface area (Å²) >= 11 is 0. The predicted molar refractivity (Wildman–Crippen MR) is 138 cm³/mol. The van der Waals surface area contributed by atoms with Crippen LogP contribution in [0, 0.1) is 0 Å². The number of fused-ring (bicyclic) bond motifs is 1. The van der Waals surface area contributed by atoms with Gasteiger partial charge in [0, 0.05) is 55.5 Å². The highest BCUT2D eigenvalue weighted by molar-refractivity contribution is 6.51. The van der Waals surface area contributed by atoms with Crippen LogP contribution >= 0.6 is 0 Å². The number of ether oxygens (including phenoxy) is 2. The summed E-state index contributed by atoms with van der Waals surface area (Å²) in [5.74, 6) is -0.687. The summed E-state index contributed by atoms with van der Waals surface area (Å²) in [6.45, 7) is 3.90. The molecule has 188 valence electrons. The van der Waals surface area contributed by atoms with Crippen molar-refractivity contribution in [2.45, 2.75) is 6.04 Å². The number of aliphatic hydroxyl groups excluding tert-OH is 1. The fraction of sp³-hybridized carbons (Fsp3) is 0.250. The van der Waals surface area contributed by atoms with Crippen molar-refractivity contribution in [1.29, 1.82) is 0 Å². The maximum atomic E-state index is 13.4. The number of carbonyl (C=O) groups is 2. The molecule has 1 atom stereocenters. The van der Waals surface area contributed by atoms with Crippen LogP contribution in [0.2, 0.25) is 0 Å². The number of ketones is 1. The Hall–Kier alpha value is -4.37. The van der Waals surface area contributed by atoms with Gasteiger partial charge in [0.2, 0.25) is 6.79 Å². The van der Waals surface area contributed by atoms with E-state index in [1.165, 1.54) is 4.90 Å². The van der Waals surface area contributed by atoms with E-state index in [9.17, 15) is 14.7 Å². The second-order valence-electron chi connectivity index (χ2n) is 9.32. The Morgan fingerprint density at radius 3 is 2.30 bits per heavy atom. The van der Waals surface area contributed by atoms with Gasteiger partial charge in [0.05, 0.1) is 11.6 Å². The molecule has 6 rings (SSSR count). The van der Waals surface area contributed by atoms with Crippen molar-refractivity contribution in [3.05, 3.63) is 83.7 Å². The number of nitrogens with zero attached hydrogens (tertiary/aromatic N) is 4. The molecule has 1 unspecified atom stereocenters. The lowest BCUT2D eigenvalue weighted by molar-refractivity contribution is -0.132. The van der Waals surface area contributed by atoms with Crippen LogP contribution in [0.5, 0.6) is 11.5 Å². The number of carbonyl (C=O) groups excluding carboxylic acids is 2. The summed E-state index contributed by atoms with van der Waals surface area (Å²) in [5, 5.41) is 11.3. The van der Waals surface area contributed by atoms with Crippen molar-refractivity contribution in [2.75, 3.05) is 49.8 Å². The van der Waals surface area contributed by atoms with Gasteiger partial charge in [0.25, 0.3) is 11.7 Å². The van der Waals surface area contributed by atoms with Crippen molar-refractivity contribution in [1.82, 2.24) is 9.88 Å². The minimum atomic E-state index is -0.817. The van der Waals surface area contributed by atoms with Crippen LogP contribution in [0.1, 0.15) is 17.2 Å². The van der Waals surface area contributed by atoms with Gasteiger partial charge in [0.1, 0.15) is 5.76 Å². The minimum Gasteiger partial charge on any atom is -0.507 e. The number of pyridine rings is 1. The van der Waals surface area contributed by atoms with Gasteiger partial charge in [-0.3, -0.25) is 19.5 Å². The molecular weight excluding hydrogens is 472 g/mol. The van der Waals surface area contributed by atoms with E-state index in [1.54, 1.807) is 42.7 Å². The van der Waals surface area contributed by atoms with E-state index < -0.39 is 17.7 Å². The van der Waals surface area contributed by atoms with Gasteiger partial charge >= 0.3 is 0 Å². The van der Waals surface area contributed by atoms with Crippen molar-refractivity contribution in [3.8, 4) is 11.5 Å². The Labute approximate surface area is 214 Å². The summed E-state index contributed by atoms with van der Waals surface area (Å²) in [6, 6.07) is 15.3. The highest BCUT2D eigenvalue weighted by Gasteiger charge is 2.47. The molecule has 2 aromatic carbocycles. The molecule has 1 N–H and O–H groups in total. The molecule has 2 fully saturated rings. The van der Waals surface area contributed by atoms with E-state index in [0.29, 0.717) is 28.3 Å². The molecule has 0 saturated carbocycles. The molecular formula is C28H26N4O5. The molecule has 1 amide bonds. The number of rotatable bonds is 4. The average molecular weight is 499 g/mol. The van der Waals surface area contributed by atoms with E-state index in [2.05, 4.69) is 21.8 Å². The molecule has 4 heterocycles. The molecule has 9 heteroatoms. The number of hydrogen-bond donors (Lipinski definition) is 1. The number of aromatic nitrogens is 1. The first-order valence-corrected chi connectivity index (χ1v) is 12.2. The number of aliphatic hydroxyl groups is 1.